The monoisotopic (exact) mass is 153 g/mol. The van der Waals surface area contributed by atoms with Gasteiger partial charge in [-0.05, 0) is 6.42 Å². The quantitative estimate of drug-likeness (QED) is 0.266. The third kappa shape index (κ3) is 4.15. The number of carbonyl (C=O) groups is 1. The minimum absolute atomic E-state index is 0.152. The summed E-state index contributed by atoms with van der Waals surface area (Å²) >= 11 is 0. The zero-order valence-corrected chi connectivity index (χ0v) is 6.59. The Hall–Kier alpha value is -1.30. The van der Waals surface area contributed by atoms with Gasteiger partial charge in [-0.3, -0.25) is 4.79 Å². The number of hydrogen-bond donors (Lipinski definition) is 0. The van der Waals surface area contributed by atoms with E-state index in [1.807, 2.05) is 6.92 Å². The molecule has 0 fully saturated rings. The van der Waals surface area contributed by atoms with E-state index < -0.39 is 5.97 Å². The number of unbranched alkanes of at least 4 members (excludes halogenated alkanes) is 1. The molecule has 0 unspecified atom stereocenters. The summed E-state index contributed by atoms with van der Waals surface area (Å²) in [5, 5.41) is 0. The molecule has 0 bridgehead atoms. The maximum atomic E-state index is 10.7. The Morgan fingerprint density at radius 1 is 1.73 bits per heavy atom. The van der Waals surface area contributed by atoms with Crippen LogP contribution in [0.5, 0.6) is 0 Å². The van der Waals surface area contributed by atoms with E-state index in [-0.39, 0.29) is 5.70 Å². The standard InChI is InChI=1S/C8H11NO2/c1-4-5-6-11-8(10)7(2)9-3/h2,4-6H2,1H3. The fourth-order valence-electron chi connectivity index (χ4n) is 0.438. The molecule has 3 nitrogen and oxygen atoms in total. The van der Waals surface area contributed by atoms with E-state index in [1.165, 1.54) is 0 Å². The summed E-state index contributed by atoms with van der Waals surface area (Å²) in [5.41, 5.74) is -0.152. The molecule has 0 aliphatic heterocycles. The van der Waals surface area contributed by atoms with Crippen LogP contribution in [0.1, 0.15) is 19.8 Å². The summed E-state index contributed by atoms with van der Waals surface area (Å²) < 4.78 is 4.68. The third-order valence-electron chi connectivity index (χ3n) is 1.10. The highest BCUT2D eigenvalue weighted by atomic mass is 16.5. The number of hydrogen-bond acceptors (Lipinski definition) is 2. The maximum Gasteiger partial charge on any atom is 0.335 e. The topological polar surface area (TPSA) is 30.7 Å². The molecule has 0 radical (unpaired) electrons. The van der Waals surface area contributed by atoms with E-state index >= 15 is 0 Å². The van der Waals surface area contributed by atoms with Crippen molar-refractivity contribution in [2.75, 3.05) is 6.61 Å². The van der Waals surface area contributed by atoms with Crippen LogP contribution in [-0.4, -0.2) is 12.6 Å². The van der Waals surface area contributed by atoms with Gasteiger partial charge < -0.3 is 4.74 Å². The Bertz CT molecular complexity index is 191. The molecule has 0 rings (SSSR count). The average molecular weight is 153 g/mol. The minimum Gasteiger partial charge on any atom is -0.471 e. The second kappa shape index (κ2) is 5.48. The van der Waals surface area contributed by atoms with Crippen molar-refractivity contribution in [2.45, 2.75) is 19.8 Å². The predicted molar refractivity (Wildman–Crippen MR) is 41.6 cm³/mol. The Morgan fingerprint density at radius 3 is 2.82 bits per heavy atom. The van der Waals surface area contributed by atoms with Crippen molar-refractivity contribution in [3.05, 3.63) is 23.7 Å². The smallest absolute Gasteiger partial charge is 0.335 e. The Kier molecular flexibility index (Phi) is 4.83. The fraction of sp³-hybridized carbons (Fsp3) is 0.500. The van der Waals surface area contributed by atoms with Crippen LogP contribution < -0.4 is 0 Å². The van der Waals surface area contributed by atoms with Gasteiger partial charge in [0.1, 0.15) is 0 Å². The van der Waals surface area contributed by atoms with E-state index in [1.54, 1.807) is 0 Å². The zero-order valence-electron chi connectivity index (χ0n) is 6.59. The van der Waals surface area contributed by atoms with Gasteiger partial charge in [-0.25, -0.2) is 4.85 Å². The van der Waals surface area contributed by atoms with Crippen molar-refractivity contribution >= 4 is 5.97 Å². The molecule has 0 N–H and O–H groups in total. The molecule has 11 heavy (non-hydrogen) atoms. The summed E-state index contributed by atoms with van der Waals surface area (Å²) in [4.78, 5) is 13.6. The molecule has 0 amide bonds. The first-order valence-electron chi connectivity index (χ1n) is 3.45. The van der Waals surface area contributed by atoms with Crippen LogP contribution >= 0.6 is 0 Å². The van der Waals surface area contributed by atoms with Gasteiger partial charge in [-0.15, -0.1) is 0 Å². The van der Waals surface area contributed by atoms with Gasteiger partial charge in [-0.2, -0.15) is 0 Å². The van der Waals surface area contributed by atoms with Gasteiger partial charge in [0.05, 0.1) is 13.2 Å². The van der Waals surface area contributed by atoms with Crippen molar-refractivity contribution in [3.63, 3.8) is 0 Å². The molecule has 0 spiro atoms. The molecule has 0 saturated heterocycles. The van der Waals surface area contributed by atoms with Gasteiger partial charge in [-0.1, -0.05) is 19.9 Å². The molecule has 0 saturated carbocycles. The highest BCUT2D eigenvalue weighted by Gasteiger charge is 2.06. The first kappa shape index (κ1) is 9.70. The van der Waals surface area contributed by atoms with E-state index in [0.29, 0.717) is 6.61 Å². The van der Waals surface area contributed by atoms with Crippen molar-refractivity contribution in [2.24, 2.45) is 0 Å². The lowest BCUT2D eigenvalue weighted by Gasteiger charge is -2.00. The van der Waals surface area contributed by atoms with Crippen LogP contribution in [0.2, 0.25) is 0 Å². The van der Waals surface area contributed by atoms with Gasteiger partial charge in [0.2, 0.25) is 0 Å². The summed E-state index contributed by atoms with van der Waals surface area (Å²) in [7, 11) is 0. The number of rotatable bonds is 4. The third-order valence-corrected chi connectivity index (χ3v) is 1.10. The highest BCUT2D eigenvalue weighted by molar-refractivity contribution is 5.89. The van der Waals surface area contributed by atoms with E-state index in [0.717, 1.165) is 12.8 Å². The largest absolute Gasteiger partial charge is 0.471 e. The van der Waals surface area contributed by atoms with Crippen molar-refractivity contribution in [1.82, 2.24) is 0 Å². The van der Waals surface area contributed by atoms with Crippen molar-refractivity contribution < 1.29 is 9.53 Å². The van der Waals surface area contributed by atoms with E-state index in [4.69, 9.17) is 6.57 Å². The van der Waals surface area contributed by atoms with Gasteiger partial charge in [0, 0.05) is 0 Å². The van der Waals surface area contributed by atoms with Crippen LogP contribution in [-0.2, 0) is 9.53 Å². The molecule has 3 heteroatoms. The SMILES string of the molecule is [C-]#[N+]C(=C)C(=O)OCCCC. The molecular formula is C8H11NO2. The maximum absolute atomic E-state index is 10.7. The molecule has 0 aliphatic carbocycles. The first-order valence-corrected chi connectivity index (χ1v) is 3.45. The predicted octanol–water partition coefficient (Wildman–Crippen LogP) is 1.76. The number of carbonyl (C=O) groups excluding carboxylic acids is 1. The summed E-state index contributed by atoms with van der Waals surface area (Å²) in [6.07, 6.45) is 1.80. The lowest BCUT2D eigenvalue weighted by atomic mass is 10.4. The number of ether oxygens (including phenoxy) is 1. The number of nitrogens with zero attached hydrogens (tertiary/aromatic N) is 1. The van der Waals surface area contributed by atoms with Crippen LogP contribution in [0.15, 0.2) is 12.3 Å². The average Bonchev–Trinajstić information content (AvgIpc) is 2.03. The lowest BCUT2D eigenvalue weighted by molar-refractivity contribution is -0.138. The van der Waals surface area contributed by atoms with Crippen LogP contribution in [0.25, 0.3) is 4.85 Å². The molecule has 0 aromatic carbocycles. The summed E-state index contributed by atoms with van der Waals surface area (Å²) in [6.45, 7) is 12.0. The molecular weight excluding hydrogens is 142 g/mol. The molecule has 0 atom stereocenters. The second-order valence-electron chi connectivity index (χ2n) is 2.05. The van der Waals surface area contributed by atoms with E-state index in [2.05, 4.69) is 16.2 Å². The zero-order chi connectivity index (χ0) is 8.69. The summed E-state index contributed by atoms with van der Waals surface area (Å²) in [5.74, 6) is -0.603. The molecule has 60 valence electrons. The minimum atomic E-state index is -0.603. The fourth-order valence-corrected chi connectivity index (χ4v) is 0.438. The Morgan fingerprint density at radius 2 is 2.36 bits per heavy atom. The Balaban J connectivity index is 3.55. The molecule has 0 aromatic rings. The van der Waals surface area contributed by atoms with Gasteiger partial charge >= 0.3 is 5.97 Å². The molecule has 0 aromatic heterocycles. The first-order chi connectivity index (χ1) is 5.22. The van der Waals surface area contributed by atoms with Crippen LogP contribution in [0, 0.1) is 6.57 Å². The molecule has 0 aliphatic rings. The van der Waals surface area contributed by atoms with Crippen molar-refractivity contribution in [1.29, 1.82) is 0 Å². The highest BCUT2D eigenvalue weighted by Crippen LogP contribution is 1.97. The number of esters is 1. The van der Waals surface area contributed by atoms with Gasteiger partial charge in [0.15, 0.2) is 0 Å². The van der Waals surface area contributed by atoms with E-state index in [9.17, 15) is 4.79 Å². The van der Waals surface area contributed by atoms with Gasteiger partial charge in [0.25, 0.3) is 5.70 Å². The Labute approximate surface area is 66.5 Å². The van der Waals surface area contributed by atoms with Crippen molar-refractivity contribution in [3.8, 4) is 0 Å². The molecule has 0 heterocycles. The second-order valence-corrected chi connectivity index (χ2v) is 2.05. The van der Waals surface area contributed by atoms with Crippen LogP contribution in [0.3, 0.4) is 0 Å². The van der Waals surface area contributed by atoms with Crippen LogP contribution in [0.4, 0.5) is 0 Å². The normalized spacial score (nSPS) is 8.36. The summed E-state index contributed by atoms with van der Waals surface area (Å²) in [6, 6.07) is 0. The lowest BCUT2D eigenvalue weighted by Crippen LogP contribution is -2.05.